The first-order valence-corrected chi connectivity index (χ1v) is 8.33. The molecule has 24 heavy (non-hydrogen) atoms. The van der Waals surface area contributed by atoms with Crippen molar-refractivity contribution in [1.29, 1.82) is 0 Å². The summed E-state index contributed by atoms with van der Waals surface area (Å²) in [6.07, 6.45) is 0. The SMILES string of the molecule is CNc1snc(C)c1C(=O)NC(C)c1cc2cccc(OC)c2o1. The lowest BCUT2D eigenvalue weighted by Gasteiger charge is -2.12. The lowest BCUT2D eigenvalue weighted by atomic mass is 10.2. The Morgan fingerprint density at radius 2 is 2.21 bits per heavy atom. The van der Waals surface area contributed by atoms with Crippen LogP contribution < -0.4 is 15.4 Å². The van der Waals surface area contributed by atoms with Gasteiger partial charge < -0.3 is 19.8 Å². The molecule has 1 unspecified atom stereocenters. The standard InChI is InChI=1S/C17H19N3O3S/c1-9(19-16(21)14-10(2)20-24-17(14)18-3)13-8-11-6-5-7-12(22-4)15(11)23-13/h5-9,18H,1-4H3,(H,19,21). The first-order valence-electron chi connectivity index (χ1n) is 7.56. The van der Waals surface area contributed by atoms with Crippen LogP contribution in [0, 0.1) is 6.92 Å². The van der Waals surface area contributed by atoms with E-state index in [4.69, 9.17) is 9.15 Å². The molecule has 3 rings (SSSR count). The molecule has 2 aromatic heterocycles. The molecule has 0 saturated carbocycles. The molecule has 7 heteroatoms. The van der Waals surface area contributed by atoms with E-state index in [-0.39, 0.29) is 11.9 Å². The first kappa shape index (κ1) is 16.3. The van der Waals surface area contributed by atoms with Crippen molar-refractivity contribution in [3.05, 3.63) is 41.3 Å². The molecule has 2 heterocycles. The number of hydrogen-bond acceptors (Lipinski definition) is 6. The number of para-hydroxylation sites is 1. The van der Waals surface area contributed by atoms with Crippen LogP contribution in [0.4, 0.5) is 5.00 Å². The number of benzene rings is 1. The molecule has 6 nitrogen and oxygen atoms in total. The molecule has 1 aromatic carbocycles. The summed E-state index contributed by atoms with van der Waals surface area (Å²) in [6.45, 7) is 3.71. The molecule has 0 bridgehead atoms. The van der Waals surface area contributed by atoms with Gasteiger partial charge in [0, 0.05) is 12.4 Å². The maximum Gasteiger partial charge on any atom is 0.256 e. The van der Waals surface area contributed by atoms with E-state index in [1.165, 1.54) is 11.5 Å². The van der Waals surface area contributed by atoms with Gasteiger partial charge in [-0.3, -0.25) is 4.79 Å². The average molecular weight is 345 g/mol. The maximum atomic E-state index is 12.6. The van der Waals surface area contributed by atoms with E-state index in [1.807, 2.05) is 38.1 Å². The predicted molar refractivity (Wildman–Crippen MR) is 95.0 cm³/mol. The van der Waals surface area contributed by atoms with Gasteiger partial charge in [-0.2, -0.15) is 4.37 Å². The molecule has 0 spiro atoms. The average Bonchev–Trinajstić information content (AvgIpc) is 3.17. The summed E-state index contributed by atoms with van der Waals surface area (Å²) in [4.78, 5) is 12.6. The van der Waals surface area contributed by atoms with Crippen LogP contribution in [-0.4, -0.2) is 24.4 Å². The minimum Gasteiger partial charge on any atom is -0.493 e. The Balaban J connectivity index is 1.86. The second-order valence-corrected chi connectivity index (χ2v) is 6.22. The fourth-order valence-electron chi connectivity index (χ4n) is 2.58. The topological polar surface area (TPSA) is 76.4 Å². The molecule has 0 radical (unpaired) electrons. The maximum absolute atomic E-state index is 12.6. The van der Waals surface area contributed by atoms with E-state index in [9.17, 15) is 4.79 Å². The minimum atomic E-state index is -0.279. The van der Waals surface area contributed by atoms with Gasteiger partial charge >= 0.3 is 0 Å². The van der Waals surface area contributed by atoms with Crippen LogP contribution in [0.2, 0.25) is 0 Å². The number of amides is 1. The Hall–Kier alpha value is -2.54. The summed E-state index contributed by atoms with van der Waals surface area (Å²) in [5, 5.41) is 7.66. The number of anilines is 1. The fraction of sp³-hybridized carbons (Fsp3) is 0.294. The number of furan rings is 1. The van der Waals surface area contributed by atoms with Crippen molar-refractivity contribution in [2.24, 2.45) is 0 Å². The van der Waals surface area contributed by atoms with Crippen molar-refractivity contribution >= 4 is 33.4 Å². The minimum absolute atomic E-state index is 0.175. The predicted octanol–water partition coefficient (Wildman–Crippen LogP) is 3.74. The van der Waals surface area contributed by atoms with Crippen molar-refractivity contribution < 1.29 is 13.9 Å². The number of methoxy groups -OCH3 is 1. The van der Waals surface area contributed by atoms with E-state index >= 15 is 0 Å². The van der Waals surface area contributed by atoms with Gasteiger partial charge in [0.25, 0.3) is 5.91 Å². The van der Waals surface area contributed by atoms with Crippen LogP contribution in [0.3, 0.4) is 0 Å². The molecule has 0 aliphatic rings. The summed E-state index contributed by atoms with van der Waals surface area (Å²) in [7, 11) is 3.38. The Kier molecular flexibility index (Phi) is 4.44. The molecule has 0 saturated heterocycles. The third-order valence-electron chi connectivity index (χ3n) is 3.84. The van der Waals surface area contributed by atoms with E-state index in [2.05, 4.69) is 15.0 Å². The number of nitrogens with zero attached hydrogens (tertiary/aromatic N) is 1. The van der Waals surface area contributed by atoms with E-state index in [0.717, 1.165) is 10.4 Å². The number of ether oxygens (including phenoxy) is 1. The van der Waals surface area contributed by atoms with Crippen LogP contribution >= 0.6 is 11.5 Å². The normalized spacial score (nSPS) is 12.2. The number of aromatic nitrogens is 1. The summed E-state index contributed by atoms with van der Waals surface area (Å²) < 4.78 is 15.4. The fourth-order valence-corrected chi connectivity index (χ4v) is 3.32. The van der Waals surface area contributed by atoms with Gasteiger partial charge in [-0.25, -0.2) is 0 Å². The number of hydrogen-bond donors (Lipinski definition) is 2. The van der Waals surface area contributed by atoms with Crippen LogP contribution in [0.5, 0.6) is 5.75 Å². The van der Waals surface area contributed by atoms with Gasteiger partial charge in [0.05, 0.1) is 24.4 Å². The molecular formula is C17H19N3O3S. The highest BCUT2D eigenvalue weighted by Gasteiger charge is 2.21. The Morgan fingerprint density at radius 3 is 2.92 bits per heavy atom. The number of fused-ring (bicyclic) bond motifs is 1. The zero-order valence-electron chi connectivity index (χ0n) is 14.0. The first-order chi connectivity index (χ1) is 11.5. The highest BCUT2D eigenvalue weighted by atomic mass is 32.1. The monoisotopic (exact) mass is 345 g/mol. The lowest BCUT2D eigenvalue weighted by Crippen LogP contribution is -2.27. The largest absolute Gasteiger partial charge is 0.493 e. The van der Waals surface area contributed by atoms with Crippen LogP contribution in [0.1, 0.15) is 34.8 Å². The number of carbonyl (C=O) groups excluding carboxylic acids is 1. The molecule has 2 N–H and O–H groups in total. The lowest BCUT2D eigenvalue weighted by molar-refractivity contribution is 0.0936. The number of carbonyl (C=O) groups is 1. The quantitative estimate of drug-likeness (QED) is 0.737. The van der Waals surface area contributed by atoms with Crippen molar-refractivity contribution in [2.45, 2.75) is 19.9 Å². The highest BCUT2D eigenvalue weighted by Crippen LogP contribution is 2.31. The molecule has 0 aliphatic carbocycles. The number of nitrogens with one attached hydrogen (secondary N) is 2. The van der Waals surface area contributed by atoms with Crippen LogP contribution in [-0.2, 0) is 0 Å². The van der Waals surface area contributed by atoms with Crippen LogP contribution in [0.15, 0.2) is 28.7 Å². The Morgan fingerprint density at radius 1 is 1.42 bits per heavy atom. The summed E-state index contributed by atoms with van der Waals surface area (Å²) in [6, 6.07) is 7.34. The van der Waals surface area contributed by atoms with E-state index in [0.29, 0.717) is 28.4 Å². The van der Waals surface area contributed by atoms with Crippen LogP contribution in [0.25, 0.3) is 11.0 Å². The van der Waals surface area contributed by atoms with Crippen molar-refractivity contribution in [3.8, 4) is 5.75 Å². The summed E-state index contributed by atoms with van der Waals surface area (Å²) >= 11 is 1.27. The molecular weight excluding hydrogens is 326 g/mol. The molecule has 126 valence electrons. The third kappa shape index (κ3) is 2.82. The molecule has 1 amide bonds. The second kappa shape index (κ2) is 6.52. The van der Waals surface area contributed by atoms with E-state index < -0.39 is 0 Å². The van der Waals surface area contributed by atoms with Gasteiger partial charge in [0.1, 0.15) is 10.8 Å². The van der Waals surface area contributed by atoms with Gasteiger partial charge in [0.2, 0.25) is 0 Å². The zero-order valence-corrected chi connectivity index (χ0v) is 14.8. The number of rotatable bonds is 5. The molecule has 1 atom stereocenters. The Bertz CT molecular complexity index is 884. The van der Waals surface area contributed by atoms with Gasteiger partial charge in [0.15, 0.2) is 11.3 Å². The van der Waals surface area contributed by atoms with E-state index in [1.54, 1.807) is 14.2 Å². The van der Waals surface area contributed by atoms with Gasteiger partial charge in [-0.1, -0.05) is 12.1 Å². The molecule has 3 aromatic rings. The van der Waals surface area contributed by atoms with Crippen molar-refractivity contribution in [2.75, 3.05) is 19.5 Å². The van der Waals surface area contributed by atoms with Crippen molar-refractivity contribution in [3.63, 3.8) is 0 Å². The van der Waals surface area contributed by atoms with Gasteiger partial charge in [-0.15, -0.1) is 0 Å². The number of aryl methyl sites for hydroxylation is 1. The van der Waals surface area contributed by atoms with Crippen molar-refractivity contribution in [1.82, 2.24) is 9.69 Å². The zero-order chi connectivity index (χ0) is 17.3. The molecule has 0 aliphatic heterocycles. The third-order valence-corrected chi connectivity index (χ3v) is 4.79. The summed E-state index contributed by atoms with van der Waals surface area (Å²) in [5.74, 6) is 1.17. The second-order valence-electron chi connectivity index (χ2n) is 5.44. The summed E-state index contributed by atoms with van der Waals surface area (Å²) in [5.41, 5.74) is 1.96. The Labute approximate surface area is 144 Å². The smallest absolute Gasteiger partial charge is 0.256 e. The highest BCUT2D eigenvalue weighted by molar-refractivity contribution is 7.10. The molecule has 0 fully saturated rings. The van der Waals surface area contributed by atoms with Gasteiger partial charge in [-0.05, 0) is 37.5 Å².